The smallest absolute Gasteiger partial charge is 0.254 e. The monoisotopic (exact) mass is 346 g/mol. The van der Waals surface area contributed by atoms with E-state index in [0.717, 1.165) is 11.6 Å². The second-order valence-corrected chi connectivity index (χ2v) is 6.26. The molecule has 0 unspecified atom stereocenters. The van der Waals surface area contributed by atoms with E-state index in [1.165, 1.54) is 12.1 Å². The predicted octanol–water partition coefficient (Wildman–Crippen LogP) is 3.54. The van der Waals surface area contributed by atoms with Gasteiger partial charge >= 0.3 is 0 Å². The molecule has 1 saturated heterocycles. The van der Waals surface area contributed by atoms with Crippen molar-refractivity contribution >= 4 is 11.6 Å². The Bertz CT molecular complexity index is 787. The maximum Gasteiger partial charge on any atom is 0.254 e. The van der Waals surface area contributed by atoms with Crippen molar-refractivity contribution in [3.8, 4) is 5.75 Å². The molecule has 6 heteroatoms. The van der Waals surface area contributed by atoms with Gasteiger partial charge in [0, 0.05) is 43.2 Å². The zero-order valence-electron chi connectivity index (χ0n) is 14.0. The number of piperidine rings is 1. The fourth-order valence-corrected chi connectivity index (χ4v) is 2.97. The lowest BCUT2D eigenvalue weighted by atomic mass is 10.0. The number of halogens is 2. The molecule has 1 heterocycles. The van der Waals surface area contributed by atoms with Gasteiger partial charge in [0.1, 0.15) is 11.9 Å². The van der Waals surface area contributed by atoms with Crippen molar-refractivity contribution in [1.29, 1.82) is 0 Å². The van der Waals surface area contributed by atoms with Crippen LogP contribution in [-0.2, 0) is 0 Å². The van der Waals surface area contributed by atoms with Crippen molar-refractivity contribution < 1.29 is 18.3 Å². The van der Waals surface area contributed by atoms with Crippen LogP contribution in [0.1, 0.15) is 28.8 Å². The molecule has 0 aromatic heterocycles. The van der Waals surface area contributed by atoms with E-state index in [2.05, 4.69) is 0 Å². The highest BCUT2D eigenvalue weighted by molar-refractivity contribution is 5.96. The molecule has 132 valence electrons. The summed E-state index contributed by atoms with van der Waals surface area (Å²) >= 11 is 0. The van der Waals surface area contributed by atoms with Gasteiger partial charge in [-0.2, -0.15) is 0 Å². The SMILES string of the molecule is Cc1ccc(N)cc1C(=O)N1CCC(Oc2ccc(F)cc2F)CC1. The summed E-state index contributed by atoms with van der Waals surface area (Å²) in [6, 6.07) is 8.54. The number of nitrogen functional groups attached to an aromatic ring is 1. The number of nitrogens with zero attached hydrogens (tertiary/aromatic N) is 1. The first-order chi connectivity index (χ1) is 11.9. The van der Waals surface area contributed by atoms with Gasteiger partial charge in [0.2, 0.25) is 0 Å². The summed E-state index contributed by atoms with van der Waals surface area (Å²) in [6.45, 7) is 2.90. The molecule has 0 aliphatic carbocycles. The van der Waals surface area contributed by atoms with Crippen LogP contribution in [0.2, 0.25) is 0 Å². The molecule has 1 aliphatic heterocycles. The fraction of sp³-hybridized carbons (Fsp3) is 0.316. The molecule has 0 spiro atoms. The third-order valence-corrected chi connectivity index (χ3v) is 4.41. The van der Waals surface area contributed by atoms with Crippen molar-refractivity contribution in [3.05, 3.63) is 59.2 Å². The summed E-state index contributed by atoms with van der Waals surface area (Å²) in [6.07, 6.45) is 0.972. The number of aryl methyl sites for hydroxylation is 1. The van der Waals surface area contributed by atoms with Gasteiger partial charge in [-0.1, -0.05) is 6.07 Å². The minimum absolute atomic E-state index is 0.0397. The first-order valence-corrected chi connectivity index (χ1v) is 8.21. The molecular formula is C19H20F2N2O2. The van der Waals surface area contributed by atoms with Crippen molar-refractivity contribution in [3.63, 3.8) is 0 Å². The molecule has 1 fully saturated rings. The van der Waals surface area contributed by atoms with Gasteiger partial charge in [0.15, 0.2) is 11.6 Å². The molecule has 1 aliphatic rings. The number of anilines is 1. The Morgan fingerprint density at radius 2 is 1.88 bits per heavy atom. The molecule has 2 aromatic carbocycles. The molecule has 0 saturated carbocycles. The third kappa shape index (κ3) is 3.90. The molecular weight excluding hydrogens is 326 g/mol. The van der Waals surface area contributed by atoms with Crippen molar-refractivity contribution in [1.82, 2.24) is 4.90 Å². The Morgan fingerprint density at radius 1 is 1.16 bits per heavy atom. The van der Waals surface area contributed by atoms with E-state index in [4.69, 9.17) is 10.5 Å². The molecule has 1 amide bonds. The zero-order chi connectivity index (χ0) is 18.0. The number of ether oxygens (including phenoxy) is 1. The Balaban J connectivity index is 1.61. The molecule has 4 nitrogen and oxygen atoms in total. The maximum atomic E-state index is 13.7. The Kier molecular flexibility index (Phi) is 4.88. The van der Waals surface area contributed by atoms with Gasteiger partial charge in [-0.15, -0.1) is 0 Å². The number of carbonyl (C=O) groups excluding carboxylic acids is 1. The average Bonchev–Trinajstić information content (AvgIpc) is 2.59. The fourth-order valence-electron chi connectivity index (χ4n) is 2.97. The normalized spacial score (nSPS) is 15.2. The van der Waals surface area contributed by atoms with Gasteiger partial charge in [0.25, 0.3) is 5.91 Å². The minimum atomic E-state index is -0.714. The first-order valence-electron chi connectivity index (χ1n) is 8.21. The van der Waals surface area contributed by atoms with Crippen LogP contribution in [0.3, 0.4) is 0 Å². The summed E-state index contributed by atoms with van der Waals surface area (Å²) in [5, 5.41) is 0. The van der Waals surface area contributed by atoms with E-state index in [1.807, 2.05) is 13.0 Å². The van der Waals surface area contributed by atoms with Crippen LogP contribution in [0.4, 0.5) is 14.5 Å². The van der Waals surface area contributed by atoms with Gasteiger partial charge in [-0.3, -0.25) is 4.79 Å². The Labute approximate surface area is 145 Å². The summed E-state index contributed by atoms with van der Waals surface area (Å²) in [5.74, 6) is -1.37. The predicted molar refractivity (Wildman–Crippen MR) is 91.5 cm³/mol. The lowest BCUT2D eigenvalue weighted by molar-refractivity contribution is 0.0587. The van der Waals surface area contributed by atoms with E-state index in [9.17, 15) is 13.6 Å². The van der Waals surface area contributed by atoms with E-state index in [1.54, 1.807) is 17.0 Å². The highest BCUT2D eigenvalue weighted by Crippen LogP contribution is 2.24. The topological polar surface area (TPSA) is 55.6 Å². The van der Waals surface area contributed by atoms with Gasteiger partial charge in [0.05, 0.1) is 0 Å². The molecule has 2 aromatic rings. The number of rotatable bonds is 3. The van der Waals surface area contributed by atoms with Gasteiger partial charge in [-0.25, -0.2) is 8.78 Å². The third-order valence-electron chi connectivity index (χ3n) is 4.41. The number of hydrogen-bond acceptors (Lipinski definition) is 3. The second kappa shape index (κ2) is 7.09. The number of likely N-dealkylation sites (tertiary alicyclic amines) is 1. The van der Waals surface area contributed by atoms with Gasteiger partial charge in [-0.05, 0) is 36.8 Å². The van der Waals surface area contributed by atoms with Crippen molar-refractivity contribution in [2.45, 2.75) is 25.9 Å². The van der Waals surface area contributed by atoms with Gasteiger partial charge < -0.3 is 15.4 Å². The lowest BCUT2D eigenvalue weighted by Crippen LogP contribution is -2.42. The molecule has 0 bridgehead atoms. The quantitative estimate of drug-likeness (QED) is 0.865. The van der Waals surface area contributed by atoms with Crippen LogP contribution >= 0.6 is 0 Å². The summed E-state index contributed by atoms with van der Waals surface area (Å²) in [5.41, 5.74) is 7.81. The standard InChI is InChI=1S/C19H20F2N2O2/c1-12-2-4-14(22)11-16(12)19(24)23-8-6-15(7-9-23)25-18-5-3-13(20)10-17(18)21/h2-5,10-11,15H,6-9,22H2,1H3. The summed E-state index contributed by atoms with van der Waals surface area (Å²) in [7, 11) is 0. The van der Waals surface area contributed by atoms with Crippen LogP contribution in [0, 0.1) is 18.6 Å². The van der Waals surface area contributed by atoms with Crippen LogP contribution < -0.4 is 10.5 Å². The van der Waals surface area contributed by atoms with Crippen molar-refractivity contribution in [2.24, 2.45) is 0 Å². The Hall–Kier alpha value is -2.63. The number of benzene rings is 2. The molecule has 2 N–H and O–H groups in total. The van der Waals surface area contributed by atoms with E-state index < -0.39 is 11.6 Å². The molecule has 0 radical (unpaired) electrons. The average molecular weight is 346 g/mol. The van der Waals surface area contributed by atoms with E-state index in [0.29, 0.717) is 37.2 Å². The maximum absolute atomic E-state index is 13.7. The molecule has 0 atom stereocenters. The molecule has 3 rings (SSSR count). The van der Waals surface area contributed by atoms with Crippen LogP contribution in [0.25, 0.3) is 0 Å². The summed E-state index contributed by atoms with van der Waals surface area (Å²) < 4.78 is 32.2. The molecule has 25 heavy (non-hydrogen) atoms. The van der Waals surface area contributed by atoms with Crippen LogP contribution in [0.15, 0.2) is 36.4 Å². The largest absolute Gasteiger partial charge is 0.487 e. The highest BCUT2D eigenvalue weighted by Gasteiger charge is 2.26. The van der Waals surface area contributed by atoms with Crippen LogP contribution in [0.5, 0.6) is 5.75 Å². The van der Waals surface area contributed by atoms with Crippen LogP contribution in [-0.4, -0.2) is 30.0 Å². The highest BCUT2D eigenvalue weighted by atomic mass is 19.1. The van der Waals surface area contributed by atoms with E-state index in [-0.39, 0.29) is 17.8 Å². The lowest BCUT2D eigenvalue weighted by Gasteiger charge is -2.32. The minimum Gasteiger partial charge on any atom is -0.487 e. The summed E-state index contributed by atoms with van der Waals surface area (Å²) in [4.78, 5) is 14.4. The zero-order valence-corrected chi connectivity index (χ0v) is 14.0. The second-order valence-electron chi connectivity index (χ2n) is 6.26. The Morgan fingerprint density at radius 3 is 2.56 bits per heavy atom. The number of carbonyl (C=O) groups is 1. The first kappa shape index (κ1) is 17.2. The number of amides is 1. The number of hydrogen-bond donors (Lipinski definition) is 1. The number of nitrogens with two attached hydrogens (primary N) is 1. The van der Waals surface area contributed by atoms with E-state index >= 15 is 0 Å². The van der Waals surface area contributed by atoms with Crippen molar-refractivity contribution in [2.75, 3.05) is 18.8 Å².